The lowest BCUT2D eigenvalue weighted by molar-refractivity contribution is -0.123. The molecule has 2 aromatic rings. The van der Waals surface area contributed by atoms with Gasteiger partial charge in [0.1, 0.15) is 17.1 Å². The van der Waals surface area contributed by atoms with Gasteiger partial charge in [0.25, 0.3) is 5.91 Å². The molecule has 2 aromatic carbocycles. The fourth-order valence-electron chi connectivity index (χ4n) is 1.92. The summed E-state index contributed by atoms with van der Waals surface area (Å²) in [6, 6.07) is 14.9. The van der Waals surface area contributed by atoms with E-state index in [1.54, 1.807) is 37.3 Å². The number of para-hydroxylation sites is 2. The van der Waals surface area contributed by atoms with Gasteiger partial charge in [0.15, 0.2) is 6.61 Å². The van der Waals surface area contributed by atoms with E-state index in [-0.39, 0.29) is 5.56 Å². The van der Waals surface area contributed by atoms with Gasteiger partial charge in [-0.05, 0) is 31.2 Å². The minimum atomic E-state index is -0.724. The first-order chi connectivity index (χ1) is 12.1. The number of rotatable bonds is 6. The average Bonchev–Trinajstić information content (AvgIpc) is 2.61. The zero-order chi connectivity index (χ0) is 18.1. The van der Waals surface area contributed by atoms with Gasteiger partial charge in [-0.1, -0.05) is 30.3 Å². The fraction of sp³-hybridized carbons (Fsp3) is 0.167. The van der Waals surface area contributed by atoms with E-state index in [0.717, 1.165) is 0 Å². The predicted molar refractivity (Wildman–Crippen MR) is 90.5 cm³/mol. The topological polar surface area (TPSA) is 93.7 Å². The third kappa shape index (κ3) is 5.65. The molecular formula is C18H18N2O5. The van der Waals surface area contributed by atoms with Crippen LogP contribution >= 0.6 is 0 Å². The summed E-state index contributed by atoms with van der Waals surface area (Å²) in [4.78, 5) is 35.0. The molecular weight excluding hydrogens is 324 g/mol. The maximum Gasteiger partial charge on any atom is 0.342 e. The average molecular weight is 342 g/mol. The standard InChI is InChI=1S/C18H18N2O5/c1-2-19-18(23)20-16(21)12-24-17(22)14-10-6-7-11-15(14)25-13-8-4-3-5-9-13/h3-11H,2,12H2,1H3,(H2,19,20,21,23). The number of nitrogens with one attached hydrogen (secondary N) is 2. The van der Waals surface area contributed by atoms with Crippen LogP contribution in [-0.4, -0.2) is 31.1 Å². The second-order valence-electron chi connectivity index (χ2n) is 4.90. The van der Waals surface area contributed by atoms with Crippen LogP contribution in [0.15, 0.2) is 54.6 Å². The highest BCUT2D eigenvalue weighted by molar-refractivity contribution is 5.97. The number of ether oxygens (including phenoxy) is 2. The minimum absolute atomic E-state index is 0.178. The first-order valence-electron chi connectivity index (χ1n) is 7.67. The number of amides is 3. The lowest BCUT2D eigenvalue weighted by atomic mass is 10.2. The molecule has 2 N–H and O–H groups in total. The summed E-state index contributed by atoms with van der Waals surface area (Å²) in [7, 11) is 0. The monoisotopic (exact) mass is 342 g/mol. The van der Waals surface area contributed by atoms with Crippen LogP contribution in [0.2, 0.25) is 0 Å². The van der Waals surface area contributed by atoms with Crippen molar-refractivity contribution in [3.05, 3.63) is 60.2 Å². The summed E-state index contributed by atoms with van der Waals surface area (Å²) >= 11 is 0. The summed E-state index contributed by atoms with van der Waals surface area (Å²) in [6.07, 6.45) is 0. The smallest absolute Gasteiger partial charge is 0.342 e. The van der Waals surface area contributed by atoms with E-state index < -0.39 is 24.5 Å². The molecule has 0 unspecified atom stereocenters. The maximum atomic E-state index is 12.2. The van der Waals surface area contributed by atoms with Crippen molar-refractivity contribution in [1.82, 2.24) is 10.6 Å². The number of benzene rings is 2. The van der Waals surface area contributed by atoms with E-state index in [4.69, 9.17) is 9.47 Å². The third-order valence-electron chi connectivity index (χ3n) is 3.00. The lowest BCUT2D eigenvalue weighted by Gasteiger charge is -2.11. The summed E-state index contributed by atoms with van der Waals surface area (Å²) in [6.45, 7) is 1.52. The number of urea groups is 1. The van der Waals surface area contributed by atoms with E-state index in [2.05, 4.69) is 5.32 Å². The summed E-state index contributed by atoms with van der Waals surface area (Å²) < 4.78 is 10.6. The summed E-state index contributed by atoms with van der Waals surface area (Å²) in [5.74, 6) is -0.571. The van der Waals surface area contributed by atoms with Crippen LogP contribution in [0, 0.1) is 0 Å². The molecule has 0 aliphatic rings. The Hall–Kier alpha value is -3.35. The normalized spacial score (nSPS) is 9.80. The zero-order valence-corrected chi connectivity index (χ0v) is 13.7. The molecule has 0 spiro atoms. The molecule has 0 aliphatic heterocycles. The van der Waals surface area contributed by atoms with Gasteiger partial charge in [-0.3, -0.25) is 10.1 Å². The number of imide groups is 1. The van der Waals surface area contributed by atoms with Crippen molar-refractivity contribution < 1.29 is 23.9 Å². The van der Waals surface area contributed by atoms with Crippen LogP contribution in [0.3, 0.4) is 0 Å². The van der Waals surface area contributed by atoms with Crippen molar-refractivity contribution in [2.75, 3.05) is 13.2 Å². The lowest BCUT2D eigenvalue weighted by Crippen LogP contribution is -2.41. The van der Waals surface area contributed by atoms with Gasteiger partial charge in [-0.2, -0.15) is 0 Å². The molecule has 25 heavy (non-hydrogen) atoms. The molecule has 0 fully saturated rings. The van der Waals surface area contributed by atoms with Crippen molar-refractivity contribution in [1.29, 1.82) is 0 Å². The fourth-order valence-corrected chi connectivity index (χ4v) is 1.92. The number of hydrogen-bond donors (Lipinski definition) is 2. The van der Waals surface area contributed by atoms with Crippen LogP contribution in [-0.2, 0) is 9.53 Å². The first-order valence-corrected chi connectivity index (χ1v) is 7.67. The van der Waals surface area contributed by atoms with Crippen LogP contribution < -0.4 is 15.4 Å². The Morgan fingerprint density at radius 3 is 2.36 bits per heavy atom. The Balaban J connectivity index is 1.98. The molecule has 0 heterocycles. The Bertz CT molecular complexity index is 746. The van der Waals surface area contributed by atoms with Gasteiger partial charge in [-0.25, -0.2) is 9.59 Å². The van der Waals surface area contributed by atoms with Crippen molar-refractivity contribution in [3.8, 4) is 11.5 Å². The summed E-state index contributed by atoms with van der Waals surface area (Å²) in [5.41, 5.74) is 0.178. The molecule has 0 aliphatic carbocycles. The highest BCUT2D eigenvalue weighted by Crippen LogP contribution is 2.25. The maximum absolute atomic E-state index is 12.2. The van der Waals surface area contributed by atoms with Crippen molar-refractivity contribution in [2.24, 2.45) is 0 Å². The molecule has 0 atom stereocenters. The SMILES string of the molecule is CCNC(=O)NC(=O)COC(=O)c1ccccc1Oc1ccccc1. The van der Waals surface area contributed by atoms with Gasteiger partial charge < -0.3 is 14.8 Å². The number of hydrogen-bond acceptors (Lipinski definition) is 5. The number of esters is 1. The van der Waals surface area contributed by atoms with Crippen molar-refractivity contribution in [3.63, 3.8) is 0 Å². The van der Waals surface area contributed by atoms with Gasteiger partial charge in [0.2, 0.25) is 0 Å². The van der Waals surface area contributed by atoms with Gasteiger partial charge >= 0.3 is 12.0 Å². The highest BCUT2D eigenvalue weighted by atomic mass is 16.5. The van der Waals surface area contributed by atoms with Crippen LogP contribution in [0.25, 0.3) is 0 Å². The second kappa shape index (κ2) is 9.07. The Kier molecular flexibility index (Phi) is 6.53. The van der Waals surface area contributed by atoms with Gasteiger partial charge in [0, 0.05) is 6.54 Å². The first kappa shape index (κ1) is 18.0. The number of carbonyl (C=O) groups excluding carboxylic acids is 3. The van der Waals surface area contributed by atoms with Crippen LogP contribution in [0.1, 0.15) is 17.3 Å². The molecule has 7 heteroatoms. The van der Waals surface area contributed by atoms with Gasteiger partial charge in [-0.15, -0.1) is 0 Å². The van der Waals surface area contributed by atoms with E-state index in [9.17, 15) is 14.4 Å². The quantitative estimate of drug-likeness (QED) is 0.787. The van der Waals surface area contributed by atoms with Crippen molar-refractivity contribution in [2.45, 2.75) is 6.92 Å². The summed E-state index contributed by atoms with van der Waals surface area (Å²) in [5, 5.41) is 4.45. The molecule has 0 bridgehead atoms. The minimum Gasteiger partial charge on any atom is -0.456 e. The molecule has 3 amide bonds. The zero-order valence-electron chi connectivity index (χ0n) is 13.7. The highest BCUT2D eigenvalue weighted by Gasteiger charge is 2.16. The van der Waals surface area contributed by atoms with Gasteiger partial charge in [0.05, 0.1) is 0 Å². The van der Waals surface area contributed by atoms with Crippen LogP contribution in [0.4, 0.5) is 4.79 Å². The molecule has 0 aromatic heterocycles. The molecule has 7 nitrogen and oxygen atoms in total. The largest absolute Gasteiger partial charge is 0.456 e. The molecule has 0 saturated carbocycles. The Morgan fingerprint density at radius 1 is 0.960 bits per heavy atom. The van der Waals surface area contributed by atoms with E-state index >= 15 is 0 Å². The van der Waals surface area contributed by atoms with E-state index in [1.807, 2.05) is 23.5 Å². The van der Waals surface area contributed by atoms with E-state index in [0.29, 0.717) is 18.0 Å². The van der Waals surface area contributed by atoms with Crippen LogP contribution in [0.5, 0.6) is 11.5 Å². The third-order valence-corrected chi connectivity index (χ3v) is 3.00. The molecule has 0 saturated heterocycles. The number of carbonyl (C=O) groups is 3. The van der Waals surface area contributed by atoms with Crippen molar-refractivity contribution >= 4 is 17.9 Å². The molecule has 2 rings (SSSR count). The predicted octanol–water partition coefficient (Wildman–Crippen LogP) is 2.48. The van der Waals surface area contributed by atoms with E-state index in [1.165, 1.54) is 6.07 Å². The Morgan fingerprint density at radius 2 is 1.64 bits per heavy atom. The molecule has 130 valence electrons. The Labute approximate surface area is 144 Å². The second-order valence-corrected chi connectivity index (χ2v) is 4.90. The molecule has 0 radical (unpaired) electrons.